The molecule has 1 aromatic carbocycles. The summed E-state index contributed by atoms with van der Waals surface area (Å²) in [6, 6.07) is 7.01. The van der Waals surface area contributed by atoms with Crippen molar-refractivity contribution in [3.8, 4) is 0 Å². The molecule has 0 spiro atoms. The molecule has 0 aliphatic carbocycles. The summed E-state index contributed by atoms with van der Waals surface area (Å²) in [6.45, 7) is 7.48. The molecule has 0 saturated carbocycles. The Morgan fingerprint density at radius 2 is 2.17 bits per heavy atom. The maximum Gasteiger partial charge on any atom is 0.335 e. The van der Waals surface area contributed by atoms with E-state index in [4.69, 9.17) is 9.84 Å². The van der Waals surface area contributed by atoms with Gasteiger partial charge in [0.1, 0.15) is 0 Å². The predicted octanol–water partition coefficient (Wildman–Crippen LogP) is 2.86. The molecule has 0 amide bonds. The fraction of sp³-hybridized carbons (Fsp3) is 0.500. The molecule has 0 saturated heterocycles. The van der Waals surface area contributed by atoms with Crippen molar-refractivity contribution >= 4 is 11.7 Å². The van der Waals surface area contributed by atoms with Crippen molar-refractivity contribution < 1.29 is 14.6 Å². The van der Waals surface area contributed by atoms with Crippen molar-refractivity contribution in [3.05, 3.63) is 29.8 Å². The van der Waals surface area contributed by atoms with Crippen molar-refractivity contribution in [2.24, 2.45) is 5.92 Å². The highest BCUT2D eigenvalue weighted by molar-refractivity contribution is 5.88. The number of hydrogen-bond donors (Lipinski definition) is 2. The normalized spacial score (nSPS) is 12.4. The van der Waals surface area contributed by atoms with Gasteiger partial charge in [-0.1, -0.05) is 19.9 Å². The van der Waals surface area contributed by atoms with Crippen LogP contribution in [0.1, 0.15) is 31.1 Å². The molecule has 4 nitrogen and oxygen atoms in total. The minimum atomic E-state index is -0.912. The summed E-state index contributed by atoms with van der Waals surface area (Å²) < 4.78 is 5.43. The first kappa shape index (κ1) is 14.5. The van der Waals surface area contributed by atoms with E-state index >= 15 is 0 Å². The lowest BCUT2D eigenvalue weighted by atomic mass is 10.0. The molecule has 0 fully saturated rings. The van der Waals surface area contributed by atoms with Gasteiger partial charge in [0.2, 0.25) is 0 Å². The molecule has 1 atom stereocenters. The molecule has 0 radical (unpaired) electrons. The van der Waals surface area contributed by atoms with Crippen LogP contribution in [0.15, 0.2) is 24.3 Å². The molecule has 1 rings (SSSR count). The second-order valence-corrected chi connectivity index (χ2v) is 4.54. The zero-order valence-corrected chi connectivity index (χ0v) is 11.1. The number of hydrogen-bond acceptors (Lipinski definition) is 3. The number of aromatic carboxylic acids is 1. The Kier molecular flexibility index (Phi) is 5.65. The summed E-state index contributed by atoms with van der Waals surface area (Å²) >= 11 is 0. The Bertz CT molecular complexity index is 390. The van der Waals surface area contributed by atoms with Gasteiger partial charge in [-0.05, 0) is 31.0 Å². The van der Waals surface area contributed by atoms with Crippen LogP contribution in [0.25, 0.3) is 0 Å². The summed E-state index contributed by atoms with van der Waals surface area (Å²) in [7, 11) is 0. The highest BCUT2D eigenvalue weighted by Gasteiger charge is 2.13. The molecular formula is C14H21NO3. The van der Waals surface area contributed by atoms with Gasteiger partial charge in [0.05, 0.1) is 18.2 Å². The van der Waals surface area contributed by atoms with Gasteiger partial charge in [-0.15, -0.1) is 0 Å². The van der Waals surface area contributed by atoms with Crippen LogP contribution < -0.4 is 5.32 Å². The zero-order chi connectivity index (χ0) is 13.5. The van der Waals surface area contributed by atoms with E-state index in [2.05, 4.69) is 19.2 Å². The quantitative estimate of drug-likeness (QED) is 0.782. The Balaban J connectivity index is 2.73. The smallest absolute Gasteiger partial charge is 0.335 e. The summed E-state index contributed by atoms with van der Waals surface area (Å²) in [5, 5.41) is 12.3. The summed E-state index contributed by atoms with van der Waals surface area (Å²) in [4.78, 5) is 10.9. The molecule has 100 valence electrons. The van der Waals surface area contributed by atoms with Crippen LogP contribution in [-0.2, 0) is 4.74 Å². The van der Waals surface area contributed by atoms with Crippen LogP contribution in [0.3, 0.4) is 0 Å². The zero-order valence-electron chi connectivity index (χ0n) is 11.1. The monoisotopic (exact) mass is 251 g/mol. The molecule has 0 aliphatic rings. The molecule has 0 aromatic heterocycles. The first-order valence-electron chi connectivity index (χ1n) is 6.22. The highest BCUT2D eigenvalue weighted by atomic mass is 16.5. The third-order valence-electron chi connectivity index (χ3n) is 2.77. The first-order chi connectivity index (χ1) is 8.54. The van der Waals surface area contributed by atoms with Crippen molar-refractivity contribution in [1.29, 1.82) is 0 Å². The van der Waals surface area contributed by atoms with Crippen molar-refractivity contribution in [1.82, 2.24) is 0 Å². The minimum Gasteiger partial charge on any atom is -0.478 e. The van der Waals surface area contributed by atoms with Crippen LogP contribution in [0.4, 0.5) is 5.69 Å². The molecule has 4 heteroatoms. The molecule has 18 heavy (non-hydrogen) atoms. The van der Waals surface area contributed by atoms with Crippen LogP contribution >= 0.6 is 0 Å². The fourth-order valence-corrected chi connectivity index (χ4v) is 1.60. The topological polar surface area (TPSA) is 58.6 Å². The fourth-order valence-electron chi connectivity index (χ4n) is 1.60. The second-order valence-electron chi connectivity index (χ2n) is 4.54. The number of carboxylic acid groups (broad SMARTS) is 1. The van der Waals surface area contributed by atoms with Crippen LogP contribution in [0.2, 0.25) is 0 Å². The van der Waals surface area contributed by atoms with E-state index in [9.17, 15) is 4.79 Å². The minimum absolute atomic E-state index is 0.175. The molecule has 2 N–H and O–H groups in total. The molecule has 1 aromatic rings. The lowest BCUT2D eigenvalue weighted by Gasteiger charge is -2.23. The van der Waals surface area contributed by atoms with Gasteiger partial charge in [0, 0.05) is 12.3 Å². The van der Waals surface area contributed by atoms with E-state index in [1.165, 1.54) is 0 Å². The van der Waals surface area contributed by atoms with E-state index in [-0.39, 0.29) is 6.04 Å². The third kappa shape index (κ3) is 4.37. The summed E-state index contributed by atoms with van der Waals surface area (Å²) in [6.07, 6.45) is 0. The van der Waals surface area contributed by atoms with E-state index in [0.29, 0.717) is 24.7 Å². The van der Waals surface area contributed by atoms with Gasteiger partial charge in [-0.2, -0.15) is 0 Å². The Morgan fingerprint density at radius 1 is 1.44 bits per heavy atom. The van der Waals surface area contributed by atoms with Crippen LogP contribution in [0.5, 0.6) is 0 Å². The van der Waals surface area contributed by atoms with E-state index in [1.54, 1.807) is 18.2 Å². The summed E-state index contributed by atoms with van der Waals surface area (Å²) in [5.74, 6) is -0.505. The van der Waals surface area contributed by atoms with Gasteiger partial charge < -0.3 is 15.2 Å². The maximum atomic E-state index is 10.9. The summed E-state index contributed by atoms with van der Waals surface area (Å²) in [5.41, 5.74) is 1.10. The highest BCUT2D eigenvalue weighted by Crippen LogP contribution is 2.15. The van der Waals surface area contributed by atoms with E-state index < -0.39 is 5.97 Å². The van der Waals surface area contributed by atoms with Crippen LogP contribution in [0, 0.1) is 5.92 Å². The van der Waals surface area contributed by atoms with E-state index in [0.717, 1.165) is 5.69 Å². The second kappa shape index (κ2) is 7.01. The number of anilines is 1. The van der Waals surface area contributed by atoms with Crippen molar-refractivity contribution in [2.75, 3.05) is 18.5 Å². The molecular weight excluding hydrogens is 230 g/mol. The Hall–Kier alpha value is -1.55. The van der Waals surface area contributed by atoms with Gasteiger partial charge in [-0.25, -0.2) is 4.79 Å². The number of nitrogens with one attached hydrogen (secondary N) is 1. The molecule has 0 heterocycles. The van der Waals surface area contributed by atoms with Gasteiger partial charge in [0.25, 0.3) is 0 Å². The molecule has 0 bridgehead atoms. The number of benzene rings is 1. The lowest BCUT2D eigenvalue weighted by Crippen LogP contribution is -2.31. The Morgan fingerprint density at radius 3 is 2.72 bits per heavy atom. The SMILES string of the molecule is CCOCC(Nc1cccc(C(=O)O)c1)C(C)C. The van der Waals surface area contributed by atoms with Gasteiger partial charge in [-0.3, -0.25) is 0 Å². The standard InChI is InChI=1S/C14H21NO3/c1-4-18-9-13(10(2)3)15-12-7-5-6-11(8-12)14(16)17/h5-8,10,13,15H,4,9H2,1-3H3,(H,16,17). The molecule has 1 unspecified atom stereocenters. The maximum absolute atomic E-state index is 10.9. The molecule has 0 aliphatic heterocycles. The first-order valence-corrected chi connectivity index (χ1v) is 6.22. The average Bonchev–Trinajstić information content (AvgIpc) is 2.34. The van der Waals surface area contributed by atoms with E-state index in [1.807, 2.05) is 13.0 Å². The van der Waals surface area contributed by atoms with Gasteiger partial charge in [0.15, 0.2) is 0 Å². The van der Waals surface area contributed by atoms with Crippen molar-refractivity contribution in [2.45, 2.75) is 26.8 Å². The predicted molar refractivity (Wildman–Crippen MR) is 72.1 cm³/mol. The Labute approximate surface area is 108 Å². The number of carbonyl (C=O) groups is 1. The number of carboxylic acids is 1. The van der Waals surface area contributed by atoms with Crippen LogP contribution in [-0.4, -0.2) is 30.3 Å². The largest absolute Gasteiger partial charge is 0.478 e. The third-order valence-corrected chi connectivity index (χ3v) is 2.77. The number of rotatable bonds is 7. The lowest BCUT2D eigenvalue weighted by molar-refractivity contribution is 0.0697. The van der Waals surface area contributed by atoms with Crippen molar-refractivity contribution in [3.63, 3.8) is 0 Å². The average molecular weight is 251 g/mol. The van der Waals surface area contributed by atoms with Gasteiger partial charge >= 0.3 is 5.97 Å². The number of ether oxygens (including phenoxy) is 1.